The van der Waals surface area contributed by atoms with Crippen LogP contribution in [0.15, 0.2) is 36.4 Å². The minimum absolute atomic E-state index is 0.0562. The number of likely N-dealkylation sites (N-methyl/N-ethyl adjacent to an activating group) is 1. The fourth-order valence-electron chi connectivity index (χ4n) is 5.65. The Balaban J connectivity index is 1.37. The second-order valence-electron chi connectivity index (χ2n) is 11.2. The van der Waals surface area contributed by atoms with Crippen LogP contribution in [-0.2, 0) is 10.4 Å². The second-order valence-corrected chi connectivity index (χ2v) is 11.5. The number of carbonyl (C=O) groups is 2. The molecule has 2 fully saturated rings. The van der Waals surface area contributed by atoms with Gasteiger partial charge >= 0.3 is 12.5 Å². The number of rotatable bonds is 8. The van der Waals surface area contributed by atoms with Crippen LogP contribution in [0.25, 0.3) is 0 Å². The number of pyridine rings is 1. The lowest BCUT2D eigenvalue weighted by Crippen LogP contribution is -2.55. The minimum Gasteiger partial charge on any atom is -0.406 e. The Morgan fingerprint density at radius 2 is 1.72 bits per heavy atom. The highest BCUT2D eigenvalue weighted by molar-refractivity contribution is 6.32. The van der Waals surface area contributed by atoms with Crippen molar-refractivity contribution in [2.45, 2.75) is 37.4 Å². The van der Waals surface area contributed by atoms with E-state index in [2.05, 4.69) is 9.72 Å². The molecule has 236 valence electrons. The Bertz CT molecular complexity index is 1350. The zero-order valence-electron chi connectivity index (χ0n) is 23.5. The predicted octanol–water partition coefficient (Wildman–Crippen LogP) is 5.10. The van der Waals surface area contributed by atoms with Crippen molar-refractivity contribution in [2.75, 3.05) is 45.7 Å². The number of alkyl halides is 6. The van der Waals surface area contributed by atoms with Crippen LogP contribution in [0.4, 0.5) is 32.2 Å². The van der Waals surface area contributed by atoms with Crippen molar-refractivity contribution in [3.05, 3.63) is 52.7 Å². The van der Waals surface area contributed by atoms with Crippen molar-refractivity contribution < 1.29 is 45.8 Å². The Labute approximate surface area is 249 Å². The second kappa shape index (κ2) is 12.0. The van der Waals surface area contributed by atoms with Crippen LogP contribution < -0.4 is 9.64 Å². The largest absolute Gasteiger partial charge is 0.573 e. The maximum Gasteiger partial charge on any atom is 0.573 e. The molecule has 0 radical (unpaired) electrons. The molecule has 15 heteroatoms. The van der Waals surface area contributed by atoms with Crippen molar-refractivity contribution in [3.8, 4) is 5.75 Å². The number of benzene rings is 1. The highest BCUT2D eigenvalue weighted by Crippen LogP contribution is 2.49. The van der Waals surface area contributed by atoms with Gasteiger partial charge in [0.1, 0.15) is 16.7 Å². The number of aromatic nitrogens is 1. The lowest BCUT2D eigenvalue weighted by molar-refractivity contribution is -0.274. The topological polar surface area (TPSA) is 86.2 Å². The first-order valence-corrected chi connectivity index (χ1v) is 13.8. The number of piperidine rings is 1. The molecule has 2 heterocycles. The summed E-state index contributed by atoms with van der Waals surface area (Å²) >= 11 is 6.25. The molecule has 1 N–H and O–H groups in total. The summed E-state index contributed by atoms with van der Waals surface area (Å²) in [7, 11) is 4.36. The molecule has 43 heavy (non-hydrogen) atoms. The van der Waals surface area contributed by atoms with Gasteiger partial charge in [-0.05, 0) is 61.3 Å². The molecular formula is C28H31ClF6N4O4. The van der Waals surface area contributed by atoms with Crippen LogP contribution >= 0.6 is 11.6 Å². The predicted molar refractivity (Wildman–Crippen MR) is 145 cm³/mol. The van der Waals surface area contributed by atoms with Gasteiger partial charge in [0, 0.05) is 46.3 Å². The molecule has 1 unspecified atom stereocenters. The molecule has 1 aliphatic heterocycles. The third-order valence-corrected chi connectivity index (χ3v) is 8.27. The number of halogens is 7. The van der Waals surface area contributed by atoms with Gasteiger partial charge in [-0.3, -0.25) is 9.59 Å². The van der Waals surface area contributed by atoms with E-state index in [1.807, 2.05) is 4.90 Å². The summed E-state index contributed by atoms with van der Waals surface area (Å²) in [5.41, 5.74) is -4.85. The van der Waals surface area contributed by atoms with Gasteiger partial charge in [-0.15, -0.1) is 13.2 Å². The van der Waals surface area contributed by atoms with Gasteiger partial charge in [0.2, 0.25) is 0 Å². The first kappa shape index (κ1) is 32.6. The first-order valence-electron chi connectivity index (χ1n) is 13.5. The molecule has 2 aromatic rings. The molecule has 2 aliphatic rings. The number of anilines is 1. The van der Waals surface area contributed by atoms with E-state index < -0.39 is 35.4 Å². The summed E-state index contributed by atoms with van der Waals surface area (Å²) < 4.78 is 83.8. The molecule has 3 atom stereocenters. The first-order chi connectivity index (χ1) is 19.9. The molecule has 8 nitrogen and oxygen atoms in total. The van der Waals surface area contributed by atoms with Crippen molar-refractivity contribution in [1.29, 1.82) is 0 Å². The fraction of sp³-hybridized carbons (Fsp3) is 0.536. The average molecular weight is 637 g/mol. The Morgan fingerprint density at radius 1 is 1.07 bits per heavy atom. The normalized spacial score (nSPS) is 20.8. The molecule has 1 saturated carbocycles. The number of hydrogen-bond donors (Lipinski definition) is 1. The molecule has 1 aromatic heterocycles. The third-order valence-electron chi connectivity index (χ3n) is 7.98. The maximum atomic E-state index is 14.1. The number of hydrogen-bond acceptors (Lipinski definition) is 6. The number of aliphatic hydroxyl groups is 1. The van der Waals surface area contributed by atoms with Gasteiger partial charge in [0.25, 0.3) is 17.4 Å². The molecule has 1 aliphatic carbocycles. The smallest absolute Gasteiger partial charge is 0.406 e. The molecule has 0 spiro atoms. The average Bonchev–Trinajstić information content (AvgIpc) is 3.69. The molecular weight excluding hydrogens is 606 g/mol. The zero-order chi connectivity index (χ0) is 31.9. The SMILES string of the molecule is CN(C)C(=O)c1ccc(N2CCC([C@H]3C[C@H]3CN(C)C(=O)C(O)(c3cccc(OC(F)(F)F)c3)C(F)(F)F)CC2)nc1Cl. The van der Waals surface area contributed by atoms with Crippen LogP contribution in [0, 0.1) is 17.8 Å². The minimum atomic E-state index is -5.51. The van der Waals surface area contributed by atoms with Crippen molar-refractivity contribution >= 4 is 29.2 Å². The van der Waals surface area contributed by atoms with Crippen LogP contribution in [0.1, 0.15) is 35.2 Å². The van der Waals surface area contributed by atoms with E-state index >= 15 is 0 Å². The highest BCUT2D eigenvalue weighted by atomic mass is 35.5. The molecule has 2 amide bonds. The Kier molecular flexibility index (Phi) is 9.13. The van der Waals surface area contributed by atoms with Crippen molar-refractivity contribution in [1.82, 2.24) is 14.8 Å². The monoisotopic (exact) mass is 636 g/mol. The van der Waals surface area contributed by atoms with E-state index in [1.54, 1.807) is 26.2 Å². The summed E-state index contributed by atoms with van der Waals surface area (Å²) in [4.78, 5) is 33.8. The molecule has 1 aromatic carbocycles. The van der Waals surface area contributed by atoms with E-state index in [4.69, 9.17) is 11.6 Å². The van der Waals surface area contributed by atoms with Crippen LogP contribution in [0.2, 0.25) is 5.15 Å². The van der Waals surface area contributed by atoms with Crippen LogP contribution in [-0.4, -0.2) is 85.0 Å². The Hall–Kier alpha value is -3.26. The van der Waals surface area contributed by atoms with Gasteiger partial charge in [-0.2, -0.15) is 13.2 Å². The molecule has 0 bridgehead atoms. The summed E-state index contributed by atoms with van der Waals surface area (Å²) in [6.45, 7) is 1.24. The number of nitrogens with zero attached hydrogens (tertiary/aromatic N) is 4. The van der Waals surface area contributed by atoms with E-state index in [0.29, 0.717) is 37.0 Å². The standard InChI is InChI=1S/C28H31ClF6N4O4/c1-37(2)24(40)20-7-8-22(36-23(20)29)39-11-9-16(10-12-39)21-13-17(21)15-38(3)25(41)26(42,27(30,31)32)18-5-4-6-19(14-18)43-28(33,34)35/h4-8,14,16-17,21,42H,9-13,15H2,1-3H3/t17-,21+,26?/m0/s1. The summed E-state index contributed by atoms with van der Waals surface area (Å²) in [6, 6.07) is 6.06. The van der Waals surface area contributed by atoms with Crippen molar-refractivity contribution in [2.24, 2.45) is 17.8 Å². The zero-order valence-corrected chi connectivity index (χ0v) is 24.3. The van der Waals surface area contributed by atoms with Crippen molar-refractivity contribution in [3.63, 3.8) is 0 Å². The van der Waals surface area contributed by atoms with Gasteiger partial charge in [-0.1, -0.05) is 23.7 Å². The fourth-order valence-corrected chi connectivity index (χ4v) is 5.88. The van der Waals surface area contributed by atoms with Gasteiger partial charge in [0.15, 0.2) is 0 Å². The quantitative estimate of drug-likeness (QED) is 0.321. The van der Waals surface area contributed by atoms with Gasteiger partial charge in [-0.25, -0.2) is 4.98 Å². The Morgan fingerprint density at radius 3 is 2.28 bits per heavy atom. The lowest BCUT2D eigenvalue weighted by Gasteiger charge is -2.34. The summed E-state index contributed by atoms with van der Waals surface area (Å²) in [6.07, 6.45) is -8.45. The molecule has 1 saturated heterocycles. The van der Waals surface area contributed by atoms with E-state index in [0.717, 1.165) is 43.0 Å². The number of ether oxygens (including phenoxy) is 1. The lowest BCUT2D eigenvalue weighted by atomic mass is 9.90. The molecule has 4 rings (SSSR count). The summed E-state index contributed by atoms with van der Waals surface area (Å²) in [5.74, 6) is -1.98. The van der Waals surface area contributed by atoms with Gasteiger partial charge in [0.05, 0.1) is 5.56 Å². The third kappa shape index (κ3) is 7.11. The van der Waals surface area contributed by atoms with Gasteiger partial charge < -0.3 is 24.5 Å². The van der Waals surface area contributed by atoms with E-state index in [-0.39, 0.29) is 35.4 Å². The summed E-state index contributed by atoms with van der Waals surface area (Å²) in [5, 5.41) is 10.8. The number of amides is 2. The van der Waals surface area contributed by atoms with Crippen LogP contribution in [0.5, 0.6) is 5.75 Å². The van der Waals surface area contributed by atoms with E-state index in [9.17, 15) is 41.0 Å². The number of carbonyl (C=O) groups excluding carboxylic acids is 2. The van der Waals surface area contributed by atoms with Crippen LogP contribution in [0.3, 0.4) is 0 Å². The highest BCUT2D eigenvalue weighted by Gasteiger charge is 2.62. The van der Waals surface area contributed by atoms with E-state index in [1.165, 1.54) is 4.90 Å². The maximum absolute atomic E-state index is 14.1.